The molecule has 0 radical (unpaired) electrons. The molecule has 0 aliphatic rings. The highest BCUT2D eigenvalue weighted by molar-refractivity contribution is 5.55. The van der Waals surface area contributed by atoms with E-state index in [0.29, 0.717) is 5.75 Å². The van der Waals surface area contributed by atoms with Crippen LogP contribution in [0.5, 0.6) is 5.75 Å². The van der Waals surface area contributed by atoms with Gasteiger partial charge in [-0.05, 0) is 179 Å². The second kappa shape index (κ2) is 13.3. The van der Waals surface area contributed by atoms with E-state index in [2.05, 4.69) is 130 Å². The molecule has 0 saturated heterocycles. The van der Waals surface area contributed by atoms with Gasteiger partial charge in [0.25, 0.3) is 0 Å². The standard InChI is InChI=1S/C45H52O/c1-26-12-14-29(4)37(16-26)24-43-33(8)31(6)20-41(35(43)10)22-39-18-28(3)19-40(34(39)9)23-42-21-32(7)45(46)44(36(42)11)25-38-17-27(2)13-15-30(38)5/h12-21,46H,22-25H2,1-11H3/i46-1. The van der Waals surface area contributed by atoms with Gasteiger partial charge in [0, 0.05) is 12.0 Å². The normalized spacial score (nSPS) is 11.4. The molecule has 0 spiro atoms. The number of phenolic OH excluding ortho intramolecular Hbond substituents is 1. The first-order valence-electron chi connectivity index (χ1n) is 16.8. The summed E-state index contributed by atoms with van der Waals surface area (Å²) in [5, 5.41) is 11.2. The molecule has 5 rings (SSSR count). The smallest absolute Gasteiger partial charge is 0.122 e. The molecule has 1 heteroatoms. The molecular formula is C45H52O. The number of aromatic hydroxyl groups is 1. The molecule has 1 N–H and O–H groups in total. The summed E-state index contributed by atoms with van der Waals surface area (Å²) in [5.41, 5.74) is 25.0. The number of benzene rings is 5. The minimum absolute atomic E-state index is 0.436. The van der Waals surface area contributed by atoms with Crippen LogP contribution in [0, 0.1) is 76.2 Å². The highest BCUT2D eigenvalue weighted by atomic mass is 15.4. The van der Waals surface area contributed by atoms with Gasteiger partial charge in [-0.15, -0.1) is 0 Å². The number of rotatable bonds is 8. The summed E-state index contributed by atoms with van der Waals surface area (Å²) in [6.45, 7) is 24.4. The van der Waals surface area contributed by atoms with E-state index in [0.717, 1.165) is 36.8 Å². The molecule has 0 atom stereocenters. The zero-order valence-electron chi connectivity index (χ0n) is 30.0. The van der Waals surface area contributed by atoms with Crippen LogP contribution >= 0.6 is 0 Å². The third-order valence-electron chi connectivity index (χ3n) is 10.6. The maximum atomic E-state index is 11.2. The van der Waals surface area contributed by atoms with Crippen molar-refractivity contribution >= 4 is 0 Å². The number of hydrogen-bond donors (Lipinski definition) is 1. The molecule has 5 aromatic carbocycles. The molecule has 0 fully saturated rings. The largest absolute Gasteiger partial charge is 0.507 e. The fourth-order valence-corrected chi connectivity index (χ4v) is 7.24. The van der Waals surface area contributed by atoms with Gasteiger partial charge in [-0.1, -0.05) is 77.4 Å². The van der Waals surface area contributed by atoms with E-state index in [9.17, 15) is 5.11 Å². The van der Waals surface area contributed by atoms with Gasteiger partial charge in [0.05, 0.1) is 0 Å². The Kier molecular flexibility index (Phi) is 9.64. The monoisotopic (exact) mass is 607 g/mol. The Morgan fingerprint density at radius 3 is 1.28 bits per heavy atom. The maximum absolute atomic E-state index is 11.2. The zero-order chi connectivity index (χ0) is 33.4. The van der Waals surface area contributed by atoms with Crippen LogP contribution in [0.3, 0.4) is 0 Å². The minimum Gasteiger partial charge on any atom is -0.507 e. The third-order valence-corrected chi connectivity index (χ3v) is 10.6. The lowest BCUT2D eigenvalue weighted by Gasteiger charge is -2.21. The highest BCUT2D eigenvalue weighted by Gasteiger charge is 2.18. The van der Waals surface area contributed by atoms with Crippen LogP contribution in [0.25, 0.3) is 0 Å². The summed E-state index contributed by atoms with van der Waals surface area (Å²) in [7, 11) is 0. The first-order valence-corrected chi connectivity index (χ1v) is 16.8. The second-order valence-corrected chi connectivity index (χ2v) is 14.2. The number of hydrogen-bond acceptors (Lipinski definition) is 1. The molecule has 5 aromatic rings. The van der Waals surface area contributed by atoms with Gasteiger partial charge >= 0.3 is 0 Å². The first kappa shape index (κ1) is 33.3. The predicted octanol–water partition coefficient (Wildman–Crippen LogP) is 11.1. The molecular weight excluding hydrogens is 555 g/mol. The van der Waals surface area contributed by atoms with Gasteiger partial charge in [-0.3, -0.25) is 0 Å². The van der Waals surface area contributed by atoms with Crippen molar-refractivity contribution in [2.24, 2.45) is 0 Å². The Morgan fingerprint density at radius 2 is 0.761 bits per heavy atom. The number of phenols is 1. The van der Waals surface area contributed by atoms with E-state index >= 15 is 0 Å². The molecule has 0 heterocycles. The van der Waals surface area contributed by atoms with Crippen molar-refractivity contribution in [1.29, 1.82) is 0 Å². The average molecular weight is 608 g/mol. The van der Waals surface area contributed by atoms with Gasteiger partial charge in [-0.25, -0.2) is 0 Å². The van der Waals surface area contributed by atoms with Crippen molar-refractivity contribution in [3.8, 4) is 5.75 Å². The van der Waals surface area contributed by atoms with Crippen LogP contribution < -0.4 is 0 Å². The molecule has 1 nitrogen and oxygen atoms in total. The van der Waals surface area contributed by atoms with E-state index in [1.807, 2.05) is 6.92 Å². The lowest BCUT2D eigenvalue weighted by Crippen LogP contribution is -2.07. The topological polar surface area (TPSA) is 20.2 Å². The summed E-state index contributed by atoms with van der Waals surface area (Å²) in [4.78, 5) is 0. The van der Waals surface area contributed by atoms with Crippen molar-refractivity contribution in [2.75, 3.05) is 0 Å². The highest BCUT2D eigenvalue weighted by Crippen LogP contribution is 2.34. The molecule has 0 bridgehead atoms. The summed E-state index contributed by atoms with van der Waals surface area (Å²) in [6.07, 6.45) is 3.51. The van der Waals surface area contributed by atoms with Crippen LogP contribution in [0.4, 0.5) is 0 Å². The van der Waals surface area contributed by atoms with Crippen LogP contribution in [0.15, 0.2) is 60.7 Å². The minimum atomic E-state index is 0.436. The van der Waals surface area contributed by atoms with E-state index in [1.54, 1.807) is 0 Å². The fourth-order valence-electron chi connectivity index (χ4n) is 7.24. The van der Waals surface area contributed by atoms with Gasteiger partial charge in [0.15, 0.2) is 0 Å². The molecule has 0 aliphatic carbocycles. The van der Waals surface area contributed by atoms with Gasteiger partial charge in [0.1, 0.15) is 5.75 Å². The Balaban J connectivity index is 1.50. The van der Waals surface area contributed by atoms with Gasteiger partial charge in [-0.2, -0.15) is 0 Å². The zero-order valence-corrected chi connectivity index (χ0v) is 30.0. The molecule has 0 unspecified atom stereocenters. The lowest BCUT2D eigenvalue weighted by molar-refractivity contribution is 0.464. The third kappa shape index (κ3) is 6.85. The number of aryl methyl sites for hydroxylation is 7. The second-order valence-electron chi connectivity index (χ2n) is 14.2. The SMILES string of the molecule is Cc1ccc(C)c(Cc2c(C)c(C)cc(Cc3cc(C)cc(Cc4cc(C)c([15OH])c(Cc5cc(C)ccc5C)c4C)c3C)c2C)c1. The summed E-state index contributed by atoms with van der Waals surface area (Å²) in [5.74, 6) is 0.436. The van der Waals surface area contributed by atoms with E-state index in [1.165, 1.54) is 94.6 Å². The Morgan fingerprint density at radius 1 is 0.348 bits per heavy atom. The summed E-state index contributed by atoms with van der Waals surface area (Å²) in [6, 6.07) is 22.8. The summed E-state index contributed by atoms with van der Waals surface area (Å²) < 4.78 is 0. The predicted molar refractivity (Wildman–Crippen MR) is 197 cm³/mol. The van der Waals surface area contributed by atoms with Gasteiger partial charge in [0.2, 0.25) is 0 Å². The Labute approximate surface area is 278 Å². The molecule has 46 heavy (non-hydrogen) atoms. The van der Waals surface area contributed by atoms with Crippen molar-refractivity contribution in [2.45, 2.75) is 102 Å². The Bertz CT molecular complexity index is 1810. The van der Waals surface area contributed by atoms with Crippen molar-refractivity contribution in [3.05, 3.63) is 166 Å². The van der Waals surface area contributed by atoms with Crippen LogP contribution in [0.2, 0.25) is 0 Å². The van der Waals surface area contributed by atoms with Crippen molar-refractivity contribution < 1.29 is 5.11 Å². The molecule has 0 aliphatic heterocycles. The summed E-state index contributed by atoms with van der Waals surface area (Å²) >= 11 is 0. The van der Waals surface area contributed by atoms with E-state index < -0.39 is 0 Å². The lowest BCUT2D eigenvalue weighted by atomic mass is 9.84. The molecule has 0 saturated carbocycles. The van der Waals surface area contributed by atoms with Crippen molar-refractivity contribution in [3.63, 3.8) is 0 Å². The maximum Gasteiger partial charge on any atom is 0.122 e. The fraction of sp³-hybridized carbons (Fsp3) is 0.333. The average Bonchev–Trinajstić information content (AvgIpc) is 3.00. The van der Waals surface area contributed by atoms with Gasteiger partial charge < -0.3 is 5.11 Å². The van der Waals surface area contributed by atoms with Crippen LogP contribution in [-0.2, 0) is 25.7 Å². The molecule has 0 amide bonds. The molecule has 238 valence electrons. The van der Waals surface area contributed by atoms with Crippen LogP contribution in [0.1, 0.15) is 106 Å². The van der Waals surface area contributed by atoms with E-state index in [4.69, 9.17) is 0 Å². The van der Waals surface area contributed by atoms with E-state index in [-0.39, 0.29) is 0 Å². The van der Waals surface area contributed by atoms with Crippen LogP contribution in [-0.4, -0.2) is 5.11 Å². The Hall–Kier alpha value is -4.10. The van der Waals surface area contributed by atoms with Crippen molar-refractivity contribution in [1.82, 2.24) is 0 Å². The molecule has 0 aromatic heterocycles. The quantitative estimate of drug-likeness (QED) is 0.186. The first-order chi connectivity index (χ1) is 21.7.